The van der Waals surface area contributed by atoms with E-state index in [9.17, 15) is 18.8 Å². The summed E-state index contributed by atoms with van der Waals surface area (Å²) in [5, 5.41) is 6.51. The first-order valence-corrected chi connectivity index (χ1v) is 11.4. The van der Waals surface area contributed by atoms with E-state index < -0.39 is 17.8 Å². The molecular formula is C22H23FN4O3S. The number of amides is 3. The van der Waals surface area contributed by atoms with E-state index in [2.05, 4.69) is 27.0 Å². The number of nitrogens with zero attached hydrogens (tertiary/aromatic N) is 3. The van der Waals surface area contributed by atoms with Gasteiger partial charge >= 0.3 is 0 Å². The molecule has 0 saturated carbocycles. The summed E-state index contributed by atoms with van der Waals surface area (Å²) in [5.41, 5.74) is 2.84. The molecule has 1 aromatic carbocycles. The number of hydrogen-bond donors (Lipinski definition) is 1. The lowest BCUT2D eigenvalue weighted by atomic mass is 10.0. The largest absolute Gasteiger partial charge is 0.367 e. The number of rotatable bonds is 4. The number of nitrogens with one attached hydrogen (secondary N) is 1. The maximum atomic E-state index is 15.0. The summed E-state index contributed by atoms with van der Waals surface area (Å²) in [6, 6.07) is 4.49. The van der Waals surface area contributed by atoms with Crippen molar-refractivity contribution in [1.82, 2.24) is 15.1 Å². The third kappa shape index (κ3) is 3.83. The van der Waals surface area contributed by atoms with Crippen LogP contribution >= 0.6 is 11.3 Å². The molecule has 0 bridgehead atoms. The number of thiophene rings is 1. The van der Waals surface area contributed by atoms with Crippen molar-refractivity contribution < 1.29 is 18.8 Å². The van der Waals surface area contributed by atoms with Gasteiger partial charge in [-0.25, -0.2) is 4.39 Å². The number of halogens is 1. The molecule has 3 aliphatic rings. The van der Waals surface area contributed by atoms with Crippen molar-refractivity contribution in [1.29, 1.82) is 0 Å². The Morgan fingerprint density at radius 1 is 1.13 bits per heavy atom. The molecule has 1 N–H and O–H groups in total. The van der Waals surface area contributed by atoms with Gasteiger partial charge in [-0.2, -0.15) is 11.3 Å². The zero-order valence-electron chi connectivity index (χ0n) is 17.0. The van der Waals surface area contributed by atoms with E-state index in [0.29, 0.717) is 30.8 Å². The zero-order valence-corrected chi connectivity index (χ0v) is 17.8. The smallest absolute Gasteiger partial charge is 0.255 e. The number of carbonyl (C=O) groups excluding carboxylic acids is 3. The highest BCUT2D eigenvalue weighted by Gasteiger charge is 2.39. The van der Waals surface area contributed by atoms with Crippen LogP contribution in [-0.2, 0) is 22.7 Å². The van der Waals surface area contributed by atoms with Crippen LogP contribution in [0.1, 0.15) is 34.3 Å². The van der Waals surface area contributed by atoms with Gasteiger partial charge < -0.3 is 9.80 Å². The summed E-state index contributed by atoms with van der Waals surface area (Å²) >= 11 is 1.69. The number of piperazine rings is 1. The fourth-order valence-corrected chi connectivity index (χ4v) is 5.27. The van der Waals surface area contributed by atoms with Crippen molar-refractivity contribution >= 4 is 34.7 Å². The monoisotopic (exact) mass is 442 g/mol. The second-order valence-electron chi connectivity index (χ2n) is 8.26. The van der Waals surface area contributed by atoms with Crippen LogP contribution in [-0.4, -0.2) is 59.7 Å². The van der Waals surface area contributed by atoms with Gasteiger partial charge in [-0.05, 0) is 46.5 Å². The summed E-state index contributed by atoms with van der Waals surface area (Å²) in [6.07, 6.45) is 0.498. The lowest BCUT2D eigenvalue weighted by molar-refractivity contribution is -0.136. The van der Waals surface area contributed by atoms with Crippen molar-refractivity contribution in [2.24, 2.45) is 0 Å². The van der Waals surface area contributed by atoms with E-state index in [0.717, 1.165) is 25.2 Å². The Kier molecular flexibility index (Phi) is 5.23. The molecule has 1 aromatic heterocycles. The highest BCUT2D eigenvalue weighted by atomic mass is 32.1. The topological polar surface area (TPSA) is 73.0 Å². The normalized spacial score (nSPS) is 22.1. The Morgan fingerprint density at radius 3 is 2.65 bits per heavy atom. The van der Waals surface area contributed by atoms with Gasteiger partial charge in [0, 0.05) is 51.3 Å². The number of anilines is 1. The van der Waals surface area contributed by atoms with E-state index in [1.807, 2.05) is 4.90 Å². The van der Waals surface area contributed by atoms with Crippen molar-refractivity contribution in [3.8, 4) is 0 Å². The van der Waals surface area contributed by atoms with Crippen LogP contribution in [0.4, 0.5) is 10.1 Å². The Balaban J connectivity index is 1.29. The summed E-state index contributed by atoms with van der Waals surface area (Å²) in [5.74, 6) is -1.55. The van der Waals surface area contributed by atoms with Gasteiger partial charge in [0.15, 0.2) is 0 Å². The van der Waals surface area contributed by atoms with Gasteiger partial charge in [-0.1, -0.05) is 0 Å². The molecule has 1 unspecified atom stereocenters. The number of carbonyl (C=O) groups is 3. The van der Waals surface area contributed by atoms with E-state index in [1.54, 1.807) is 17.4 Å². The van der Waals surface area contributed by atoms with Crippen molar-refractivity contribution in [2.75, 3.05) is 31.1 Å². The Labute approximate surface area is 183 Å². The molecule has 31 heavy (non-hydrogen) atoms. The molecule has 7 nitrogen and oxygen atoms in total. The maximum Gasteiger partial charge on any atom is 0.255 e. The molecular weight excluding hydrogens is 419 g/mol. The first-order chi connectivity index (χ1) is 15.0. The fraction of sp³-hybridized carbons (Fsp3) is 0.409. The number of hydrogen-bond acceptors (Lipinski definition) is 6. The standard InChI is InChI=1S/C22H23FN4O3S/c23-17-10-16-15(12-27(22(16)30)18-1-2-20(28)24-21(18)29)9-19(17)26-6-4-25(5-7-26)11-14-3-8-31-13-14/h3,8-10,13,18H,1-2,4-7,11-12H2,(H,24,28,29). The zero-order chi connectivity index (χ0) is 21.5. The quantitative estimate of drug-likeness (QED) is 0.733. The van der Waals surface area contributed by atoms with E-state index in [1.165, 1.54) is 16.5 Å². The molecule has 9 heteroatoms. The average Bonchev–Trinajstić information content (AvgIpc) is 3.37. The summed E-state index contributed by atoms with van der Waals surface area (Å²) in [4.78, 5) is 42.3. The van der Waals surface area contributed by atoms with Crippen LogP contribution in [0.15, 0.2) is 29.0 Å². The van der Waals surface area contributed by atoms with Gasteiger partial charge in [0.25, 0.3) is 5.91 Å². The molecule has 0 spiro atoms. The van der Waals surface area contributed by atoms with Gasteiger partial charge in [0.2, 0.25) is 11.8 Å². The van der Waals surface area contributed by atoms with Gasteiger partial charge in [-0.3, -0.25) is 24.6 Å². The second-order valence-corrected chi connectivity index (χ2v) is 9.04. The summed E-state index contributed by atoms with van der Waals surface area (Å²) in [7, 11) is 0. The SMILES string of the molecule is O=C1CCC(N2Cc3cc(N4CCN(Cc5ccsc5)CC4)c(F)cc3C2=O)C(=O)N1. The number of benzene rings is 1. The van der Waals surface area contributed by atoms with Crippen molar-refractivity contribution in [2.45, 2.75) is 32.0 Å². The first-order valence-electron chi connectivity index (χ1n) is 10.4. The highest BCUT2D eigenvalue weighted by Crippen LogP contribution is 2.33. The van der Waals surface area contributed by atoms with Gasteiger partial charge in [-0.15, -0.1) is 0 Å². The predicted octanol–water partition coefficient (Wildman–Crippen LogP) is 1.97. The summed E-state index contributed by atoms with van der Waals surface area (Å²) < 4.78 is 15.0. The maximum absolute atomic E-state index is 15.0. The molecule has 3 aliphatic heterocycles. The van der Waals surface area contributed by atoms with Crippen LogP contribution in [0.25, 0.3) is 0 Å². The van der Waals surface area contributed by atoms with E-state index >= 15 is 0 Å². The molecule has 3 amide bonds. The molecule has 0 aliphatic carbocycles. The fourth-order valence-electron chi connectivity index (χ4n) is 4.61. The van der Waals surface area contributed by atoms with Gasteiger partial charge in [0.05, 0.1) is 5.69 Å². The average molecular weight is 443 g/mol. The molecule has 2 fully saturated rings. The third-order valence-corrected chi connectivity index (χ3v) is 7.02. The lowest BCUT2D eigenvalue weighted by Gasteiger charge is -2.36. The number of piperidine rings is 1. The van der Waals surface area contributed by atoms with Crippen molar-refractivity contribution in [3.63, 3.8) is 0 Å². The number of fused-ring (bicyclic) bond motifs is 1. The minimum atomic E-state index is -0.690. The summed E-state index contributed by atoms with van der Waals surface area (Å²) in [6.45, 7) is 4.27. The van der Waals surface area contributed by atoms with E-state index in [4.69, 9.17) is 0 Å². The highest BCUT2D eigenvalue weighted by molar-refractivity contribution is 7.07. The van der Waals surface area contributed by atoms with E-state index in [-0.39, 0.29) is 24.8 Å². The van der Waals surface area contributed by atoms with Crippen molar-refractivity contribution in [3.05, 3.63) is 51.5 Å². The molecule has 162 valence electrons. The Hall–Kier alpha value is -2.78. The van der Waals surface area contributed by atoms with Crippen LogP contribution in [0, 0.1) is 5.82 Å². The molecule has 2 aromatic rings. The molecule has 2 saturated heterocycles. The molecule has 5 rings (SSSR count). The number of imide groups is 1. The predicted molar refractivity (Wildman–Crippen MR) is 114 cm³/mol. The second kappa shape index (κ2) is 8.05. The Morgan fingerprint density at radius 2 is 1.94 bits per heavy atom. The Bertz CT molecular complexity index is 1030. The third-order valence-electron chi connectivity index (χ3n) is 6.29. The van der Waals surface area contributed by atoms with Crippen LogP contribution < -0.4 is 10.2 Å². The van der Waals surface area contributed by atoms with Crippen LogP contribution in [0.3, 0.4) is 0 Å². The molecule has 4 heterocycles. The minimum absolute atomic E-state index is 0.200. The minimum Gasteiger partial charge on any atom is -0.367 e. The first kappa shape index (κ1) is 20.1. The van der Waals surface area contributed by atoms with Crippen LogP contribution in [0.5, 0.6) is 0 Å². The molecule has 0 radical (unpaired) electrons. The van der Waals surface area contributed by atoms with Crippen LogP contribution in [0.2, 0.25) is 0 Å². The lowest BCUT2D eigenvalue weighted by Crippen LogP contribution is -2.52. The van der Waals surface area contributed by atoms with Gasteiger partial charge in [0.1, 0.15) is 11.9 Å². The molecule has 1 atom stereocenters.